The van der Waals surface area contributed by atoms with Crippen molar-refractivity contribution in [2.45, 2.75) is 19.8 Å². The minimum atomic E-state index is -0.820. The van der Waals surface area contributed by atoms with Crippen LogP contribution in [0.1, 0.15) is 18.9 Å². The molecule has 1 N–H and O–H groups in total. The third-order valence-corrected chi connectivity index (χ3v) is 4.97. The van der Waals surface area contributed by atoms with Gasteiger partial charge in [0.2, 0.25) is 0 Å². The van der Waals surface area contributed by atoms with Gasteiger partial charge in [-0.3, -0.25) is 4.79 Å². The molecule has 0 atom stereocenters. The van der Waals surface area contributed by atoms with E-state index in [0.717, 1.165) is 39.3 Å². The summed E-state index contributed by atoms with van der Waals surface area (Å²) in [4.78, 5) is 12.4. The number of ether oxygens (including phenoxy) is 1. The molecule has 0 unspecified atom stereocenters. The predicted octanol–water partition coefficient (Wildman–Crippen LogP) is 5.50. The monoisotopic (exact) mass is 352 g/mol. The summed E-state index contributed by atoms with van der Waals surface area (Å²) in [6, 6.07) is 17.8. The van der Waals surface area contributed by atoms with E-state index in [0.29, 0.717) is 6.61 Å². The normalized spacial score (nSPS) is 10.6. The molecule has 4 heteroatoms. The molecular weight excluding hydrogens is 332 g/mol. The first-order valence-corrected chi connectivity index (χ1v) is 9.17. The van der Waals surface area contributed by atoms with E-state index in [-0.39, 0.29) is 6.42 Å². The van der Waals surface area contributed by atoms with Gasteiger partial charge in [-0.25, -0.2) is 0 Å². The minimum Gasteiger partial charge on any atom is -0.494 e. The molecule has 3 aromatic rings. The van der Waals surface area contributed by atoms with Gasteiger partial charge < -0.3 is 9.84 Å². The summed E-state index contributed by atoms with van der Waals surface area (Å²) in [5.41, 5.74) is 3.91. The summed E-state index contributed by atoms with van der Waals surface area (Å²) >= 11 is 1.59. The Balaban J connectivity index is 1.98. The highest BCUT2D eigenvalue weighted by Gasteiger charge is 2.17. The molecule has 1 aromatic heterocycles. The van der Waals surface area contributed by atoms with Crippen LogP contribution in [-0.2, 0) is 11.2 Å². The Bertz CT molecular complexity index is 835. The Kier molecular flexibility index (Phi) is 5.51. The highest BCUT2D eigenvalue weighted by atomic mass is 32.1. The predicted molar refractivity (Wildman–Crippen MR) is 102 cm³/mol. The quantitative estimate of drug-likeness (QED) is 0.611. The average Bonchev–Trinajstić information content (AvgIpc) is 3.04. The van der Waals surface area contributed by atoms with Crippen LogP contribution in [0.15, 0.2) is 60.0 Å². The molecule has 0 saturated heterocycles. The van der Waals surface area contributed by atoms with Crippen molar-refractivity contribution < 1.29 is 14.6 Å². The number of hydrogen-bond donors (Lipinski definition) is 1. The molecule has 25 heavy (non-hydrogen) atoms. The fourth-order valence-electron chi connectivity index (χ4n) is 2.73. The van der Waals surface area contributed by atoms with Crippen molar-refractivity contribution in [3.05, 3.63) is 65.5 Å². The van der Waals surface area contributed by atoms with E-state index in [1.165, 1.54) is 0 Å². The molecular formula is C21H20O3S. The van der Waals surface area contributed by atoms with Crippen LogP contribution < -0.4 is 4.74 Å². The first-order chi connectivity index (χ1) is 12.2. The average molecular weight is 352 g/mol. The Morgan fingerprint density at radius 1 is 1.04 bits per heavy atom. The topological polar surface area (TPSA) is 46.5 Å². The lowest BCUT2D eigenvalue weighted by atomic mass is 9.98. The van der Waals surface area contributed by atoms with E-state index in [9.17, 15) is 9.90 Å². The highest BCUT2D eigenvalue weighted by molar-refractivity contribution is 7.14. The van der Waals surface area contributed by atoms with Gasteiger partial charge in [-0.15, -0.1) is 11.3 Å². The molecule has 0 radical (unpaired) electrons. The minimum absolute atomic E-state index is 0.0111. The molecule has 2 aromatic carbocycles. The molecule has 0 bridgehead atoms. The maximum Gasteiger partial charge on any atom is 0.307 e. The van der Waals surface area contributed by atoms with Gasteiger partial charge in [-0.2, -0.15) is 0 Å². The lowest BCUT2D eigenvalue weighted by Gasteiger charge is -2.08. The van der Waals surface area contributed by atoms with Gasteiger partial charge in [0.15, 0.2) is 0 Å². The molecule has 1 heterocycles. The standard InChI is InChI=1S/C21H20O3S/c1-2-12-24-17-10-8-15(9-11-17)19-14-25-21(18(19)13-20(22)23)16-6-4-3-5-7-16/h3-11,14H,2,12-13H2,1H3,(H,22,23). The van der Waals surface area contributed by atoms with Crippen molar-refractivity contribution in [3.8, 4) is 27.3 Å². The van der Waals surface area contributed by atoms with E-state index >= 15 is 0 Å². The van der Waals surface area contributed by atoms with Crippen molar-refractivity contribution in [2.75, 3.05) is 6.61 Å². The Labute approximate surface area is 151 Å². The number of benzene rings is 2. The summed E-state index contributed by atoms with van der Waals surface area (Å²) < 4.78 is 5.62. The molecule has 0 fully saturated rings. The number of rotatable bonds is 7. The molecule has 0 aliphatic rings. The summed E-state index contributed by atoms with van der Waals surface area (Å²) in [7, 11) is 0. The smallest absolute Gasteiger partial charge is 0.307 e. The molecule has 0 aliphatic carbocycles. The number of carboxylic acids is 1. The summed E-state index contributed by atoms with van der Waals surface area (Å²) in [5.74, 6) is 0.0172. The molecule has 128 valence electrons. The van der Waals surface area contributed by atoms with Crippen molar-refractivity contribution in [1.29, 1.82) is 0 Å². The zero-order chi connectivity index (χ0) is 17.6. The summed E-state index contributed by atoms with van der Waals surface area (Å²) in [6.45, 7) is 2.77. The SMILES string of the molecule is CCCOc1ccc(-c2csc(-c3ccccc3)c2CC(=O)O)cc1. The number of carboxylic acid groups (broad SMARTS) is 1. The molecule has 3 rings (SSSR count). The number of carbonyl (C=O) groups is 1. The second-order valence-corrected chi connectivity index (χ2v) is 6.65. The van der Waals surface area contributed by atoms with E-state index in [1.54, 1.807) is 11.3 Å². The first kappa shape index (κ1) is 17.2. The van der Waals surface area contributed by atoms with Crippen LogP contribution in [0.25, 0.3) is 21.6 Å². The Hall–Kier alpha value is -2.59. The summed E-state index contributed by atoms with van der Waals surface area (Å²) in [5, 5.41) is 11.4. The lowest BCUT2D eigenvalue weighted by Crippen LogP contribution is -2.01. The maximum absolute atomic E-state index is 11.4. The van der Waals surface area contributed by atoms with Gasteiger partial charge in [0.25, 0.3) is 0 Å². The van der Waals surface area contributed by atoms with E-state index < -0.39 is 5.97 Å². The van der Waals surface area contributed by atoms with Gasteiger partial charge in [-0.1, -0.05) is 49.4 Å². The van der Waals surface area contributed by atoms with Crippen molar-refractivity contribution in [3.63, 3.8) is 0 Å². The van der Waals surface area contributed by atoms with Crippen LogP contribution in [0.2, 0.25) is 0 Å². The zero-order valence-corrected chi connectivity index (χ0v) is 14.9. The van der Waals surface area contributed by atoms with Gasteiger partial charge >= 0.3 is 5.97 Å². The number of aliphatic carboxylic acids is 1. The van der Waals surface area contributed by atoms with E-state index in [1.807, 2.05) is 60.0 Å². The largest absolute Gasteiger partial charge is 0.494 e. The van der Waals surface area contributed by atoms with Crippen molar-refractivity contribution in [2.24, 2.45) is 0 Å². The maximum atomic E-state index is 11.4. The zero-order valence-electron chi connectivity index (χ0n) is 14.1. The number of thiophene rings is 1. The highest BCUT2D eigenvalue weighted by Crippen LogP contribution is 2.39. The fraction of sp³-hybridized carbons (Fsp3) is 0.190. The molecule has 0 aliphatic heterocycles. The second-order valence-electron chi connectivity index (χ2n) is 5.77. The van der Waals surface area contributed by atoms with Crippen LogP contribution in [0.4, 0.5) is 0 Å². The van der Waals surface area contributed by atoms with Crippen LogP contribution in [0.3, 0.4) is 0 Å². The van der Waals surface area contributed by atoms with E-state index in [2.05, 4.69) is 6.92 Å². The fourth-order valence-corrected chi connectivity index (χ4v) is 3.84. The van der Waals surface area contributed by atoms with Crippen LogP contribution in [-0.4, -0.2) is 17.7 Å². The van der Waals surface area contributed by atoms with Crippen molar-refractivity contribution in [1.82, 2.24) is 0 Å². The third-order valence-electron chi connectivity index (χ3n) is 3.90. The first-order valence-electron chi connectivity index (χ1n) is 8.30. The Morgan fingerprint density at radius 2 is 1.76 bits per heavy atom. The molecule has 0 spiro atoms. The van der Waals surface area contributed by atoms with Crippen LogP contribution in [0, 0.1) is 0 Å². The van der Waals surface area contributed by atoms with E-state index in [4.69, 9.17) is 4.74 Å². The van der Waals surface area contributed by atoms with Gasteiger partial charge in [0, 0.05) is 4.88 Å². The Morgan fingerprint density at radius 3 is 2.40 bits per heavy atom. The summed E-state index contributed by atoms with van der Waals surface area (Å²) in [6.07, 6.45) is 0.979. The van der Waals surface area contributed by atoms with Gasteiger partial charge in [-0.05, 0) is 46.2 Å². The van der Waals surface area contributed by atoms with Gasteiger partial charge in [0.1, 0.15) is 5.75 Å². The number of hydrogen-bond acceptors (Lipinski definition) is 3. The third kappa shape index (κ3) is 4.09. The lowest BCUT2D eigenvalue weighted by molar-refractivity contribution is -0.136. The van der Waals surface area contributed by atoms with Crippen LogP contribution in [0.5, 0.6) is 5.75 Å². The molecule has 0 amide bonds. The van der Waals surface area contributed by atoms with Gasteiger partial charge in [0.05, 0.1) is 13.0 Å². The molecule has 0 saturated carbocycles. The molecule has 3 nitrogen and oxygen atoms in total. The second kappa shape index (κ2) is 7.99. The van der Waals surface area contributed by atoms with Crippen molar-refractivity contribution >= 4 is 17.3 Å². The van der Waals surface area contributed by atoms with Crippen LogP contribution >= 0.6 is 11.3 Å².